The smallest absolute Gasteiger partial charge is 0.303 e. The van der Waals surface area contributed by atoms with Crippen molar-refractivity contribution in [3.05, 3.63) is 35.4 Å². The van der Waals surface area contributed by atoms with Crippen LogP contribution in [0.2, 0.25) is 0 Å². The topological polar surface area (TPSA) is 49.3 Å². The number of hydrogen-bond donors (Lipinski definition) is 2. The van der Waals surface area contributed by atoms with E-state index in [4.69, 9.17) is 5.11 Å². The fraction of sp³-hybridized carbons (Fsp3) is 0.562. The molecule has 0 spiro atoms. The Hall–Kier alpha value is -1.35. The van der Waals surface area contributed by atoms with Gasteiger partial charge in [0.05, 0.1) is 0 Å². The zero-order valence-corrected chi connectivity index (χ0v) is 12.3. The Bertz CT molecular complexity index is 398. The van der Waals surface area contributed by atoms with Crippen LogP contribution in [-0.2, 0) is 4.79 Å². The fourth-order valence-corrected chi connectivity index (χ4v) is 2.12. The molecule has 0 bridgehead atoms. The van der Waals surface area contributed by atoms with E-state index in [1.807, 2.05) is 6.92 Å². The summed E-state index contributed by atoms with van der Waals surface area (Å²) in [6, 6.07) is 9.08. The van der Waals surface area contributed by atoms with Crippen molar-refractivity contribution in [1.82, 2.24) is 5.32 Å². The number of benzene rings is 1. The SMILES string of the molecule is CC(CCC(=O)O)NC(C)c1ccc(C(C)C)cc1. The second-order valence-corrected chi connectivity index (χ2v) is 5.54. The lowest BCUT2D eigenvalue weighted by Crippen LogP contribution is -2.29. The van der Waals surface area contributed by atoms with Gasteiger partial charge in [0.25, 0.3) is 0 Å². The molecule has 2 unspecified atom stereocenters. The summed E-state index contributed by atoms with van der Waals surface area (Å²) < 4.78 is 0. The Morgan fingerprint density at radius 2 is 1.63 bits per heavy atom. The zero-order chi connectivity index (χ0) is 14.4. The van der Waals surface area contributed by atoms with Gasteiger partial charge in [-0.25, -0.2) is 0 Å². The van der Waals surface area contributed by atoms with E-state index in [9.17, 15) is 4.79 Å². The van der Waals surface area contributed by atoms with Crippen molar-refractivity contribution < 1.29 is 9.90 Å². The maximum atomic E-state index is 10.5. The molecule has 0 radical (unpaired) electrons. The monoisotopic (exact) mass is 263 g/mol. The normalized spacial score (nSPS) is 14.4. The van der Waals surface area contributed by atoms with Gasteiger partial charge >= 0.3 is 5.97 Å². The van der Waals surface area contributed by atoms with Crippen LogP contribution in [0.25, 0.3) is 0 Å². The predicted molar refractivity (Wildman–Crippen MR) is 78.4 cm³/mol. The molecule has 106 valence electrons. The molecular formula is C16H25NO2. The molecule has 0 saturated heterocycles. The second kappa shape index (κ2) is 7.29. The number of carbonyl (C=O) groups is 1. The van der Waals surface area contributed by atoms with Crippen LogP contribution in [0, 0.1) is 0 Å². The Morgan fingerprint density at radius 1 is 1.11 bits per heavy atom. The number of carboxylic acid groups (broad SMARTS) is 1. The van der Waals surface area contributed by atoms with Gasteiger partial charge in [-0.05, 0) is 37.3 Å². The van der Waals surface area contributed by atoms with Gasteiger partial charge in [-0.2, -0.15) is 0 Å². The molecule has 0 aliphatic rings. The summed E-state index contributed by atoms with van der Waals surface area (Å²) >= 11 is 0. The van der Waals surface area contributed by atoms with E-state index < -0.39 is 5.97 Å². The van der Waals surface area contributed by atoms with Gasteiger partial charge in [-0.3, -0.25) is 4.79 Å². The lowest BCUT2D eigenvalue weighted by molar-refractivity contribution is -0.137. The highest BCUT2D eigenvalue weighted by molar-refractivity contribution is 5.66. The van der Waals surface area contributed by atoms with Crippen molar-refractivity contribution in [3.8, 4) is 0 Å². The quantitative estimate of drug-likeness (QED) is 0.788. The Morgan fingerprint density at radius 3 is 2.11 bits per heavy atom. The average molecular weight is 263 g/mol. The lowest BCUT2D eigenvalue weighted by Gasteiger charge is -2.20. The highest BCUT2D eigenvalue weighted by Crippen LogP contribution is 2.19. The average Bonchev–Trinajstić information content (AvgIpc) is 2.36. The van der Waals surface area contributed by atoms with E-state index in [0.717, 1.165) is 0 Å². The molecule has 1 rings (SSSR count). The van der Waals surface area contributed by atoms with Crippen molar-refractivity contribution >= 4 is 5.97 Å². The second-order valence-electron chi connectivity index (χ2n) is 5.54. The molecule has 0 heterocycles. The van der Waals surface area contributed by atoms with Gasteiger partial charge in [0.1, 0.15) is 0 Å². The minimum atomic E-state index is -0.734. The molecule has 1 aromatic carbocycles. The largest absolute Gasteiger partial charge is 0.481 e. The van der Waals surface area contributed by atoms with E-state index in [1.165, 1.54) is 11.1 Å². The minimum absolute atomic E-state index is 0.205. The van der Waals surface area contributed by atoms with E-state index in [-0.39, 0.29) is 18.5 Å². The number of rotatable bonds is 7. The number of hydrogen-bond acceptors (Lipinski definition) is 2. The third-order valence-corrected chi connectivity index (χ3v) is 3.43. The maximum Gasteiger partial charge on any atom is 0.303 e. The summed E-state index contributed by atoms with van der Waals surface area (Å²) in [5, 5.41) is 12.1. The van der Waals surface area contributed by atoms with E-state index >= 15 is 0 Å². The first kappa shape index (κ1) is 15.7. The van der Waals surface area contributed by atoms with Crippen LogP contribution in [0.1, 0.15) is 63.6 Å². The van der Waals surface area contributed by atoms with Crippen LogP contribution in [0.5, 0.6) is 0 Å². The van der Waals surface area contributed by atoms with Crippen LogP contribution in [0.3, 0.4) is 0 Å². The molecule has 0 aliphatic carbocycles. The summed E-state index contributed by atoms with van der Waals surface area (Å²) in [5.74, 6) is -0.186. The summed E-state index contributed by atoms with van der Waals surface area (Å²) in [7, 11) is 0. The Labute approximate surface area is 116 Å². The van der Waals surface area contributed by atoms with Crippen molar-refractivity contribution in [2.24, 2.45) is 0 Å². The van der Waals surface area contributed by atoms with Gasteiger partial charge < -0.3 is 10.4 Å². The molecule has 0 aliphatic heterocycles. The van der Waals surface area contributed by atoms with Gasteiger partial charge in [0, 0.05) is 18.5 Å². The standard InChI is InChI=1S/C16H25NO2/c1-11(2)14-6-8-15(9-7-14)13(4)17-12(3)5-10-16(18)19/h6-9,11-13,17H,5,10H2,1-4H3,(H,18,19). The summed E-state index contributed by atoms with van der Waals surface area (Å²) in [5.41, 5.74) is 2.58. The molecule has 3 heteroatoms. The van der Waals surface area contributed by atoms with Crippen LogP contribution < -0.4 is 5.32 Å². The first-order chi connectivity index (χ1) is 8.90. The molecule has 2 atom stereocenters. The molecular weight excluding hydrogens is 238 g/mol. The van der Waals surface area contributed by atoms with Crippen LogP contribution >= 0.6 is 0 Å². The van der Waals surface area contributed by atoms with Crippen molar-refractivity contribution in [1.29, 1.82) is 0 Å². The highest BCUT2D eigenvalue weighted by atomic mass is 16.4. The number of aliphatic carboxylic acids is 1. The summed E-state index contributed by atoms with van der Waals surface area (Å²) in [6.45, 7) is 8.51. The van der Waals surface area contributed by atoms with Gasteiger partial charge in [0.15, 0.2) is 0 Å². The van der Waals surface area contributed by atoms with Crippen molar-refractivity contribution in [3.63, 3.8) is 0 Å². The van der Waals surface area contributed by atoms with E-state index in [0.29, 0.717) is 12.3 Å². The molecule has 0 saturated carbocycles. The predicted octanol–water partition coefficient (Wildman–Crippen LogP) is 3.71. The minimum Gasteiger partial charge on any atom is -0.481 e. The maximum absolute atomic E-state index is 10.5. The number of carboxylic acids is 1. The molecule has 2 N–H and O–H groups in total. The Kier molecular flexibility index (Phi) is 6.03. The van der Waals surface area contributed by atoms with Gasteiger partial charge in [-0.1, -0.05) is 38.1 Å². The lowest BCUT2D eigenvalue weighted by atomic mass is 9.99. The van der Waals surface area contributed by atoms with Gasteiger partial charge in [-0.15, -0.1) is 0 Å². The third kappa shape index (κ3) is 5.43. The van der Waals surface area contributed by atoms with Crippen LogP contribution in [0.15, 0.2) is 24.3 Å². The fourth-order valence-electron chi connectivity index (χ4n) is 2.12. The van der Waals surface area contributed by atoms with E-state index in [2.05, 4.69) is 50.4 Å². The van der Waals surface area contributed by atoms with Crippen molar-refractivity contribution in [2.75, 3.05) is 0 Å². The first-order valence-electron chi connectivity index (χ1n) is 6.98. The summed E-state index contributed by atoms with van der Waals surface area (Å²) in [4.78, 5) is 10.5. The zero-order valence-electron chi connectivity index (χ0n) is 12.3. The van der Waals surface area contributed by atoms with Crippen LogP contribution in [-0.4, -0.2) is 17.1 Å². The van der Waals surface area contributed by atoms with Gasteiger partial charge in [0.2, 0.25) is 0 Å². The van der Waals surface area contributed by atoms with Crippen LogP contribution in [0.4, 0.5) is 0 Å². The Balaban J connectivity index is 2.52. The molecule has 0 fully saturated rings. The molecule has 19 heavy (non-hydrogen) atoms. The third-order valence-electron chi connectivity index (χ3n) is 3.43. The van der Waals surface area contributed by atoms with E-state index in [1.54, 1.807) is 0 Å². The molecule has 0 amide bonds. The summed E-state index contributed by atoms with van der Waals surface area (Å²) in [6.07, 6.45) is 0.872. The molecule has 1 aromatic rings. The highest BCUT2D eigenvalue weighted by Gasteiger charge is 2.11. The molecule has 3 nitrogen and oxygen atoms in total. The first-order valence-corrected chi connectivity index (χ1v) is 6.98. The van der Waals surface area contributed by atoms with Crippen molar-refractivity contribution in [2.45, 2.75) is 58.5 Å². The number of nitrogens with one attached hydrogen (secondary N) is 1. The molecule has 0 aromatic heterocycles.